The van der Waals surface area contributed by atoms with E-state index in [4.69, 9.17) is 0 Å². The van der Waals surface area contributed by atoms with Gasteiger partial charge < -0.3 is 5.32 Å². The van der Waals surface area contributed by atoms with Gasteiger partial charge in [-0.3, -0.25) is 0 Å². The van der Waals surface area contributed by atoms with Gasteiger partial charge in [-0.1, -0.05) is 6.92 Å². The number of rotatable bonds is 5. The van der Waals surface area contributed by atoms with Crippen molar-refractivity contribution in [1.29, 1.82) is 0 Å². The van der Waals surface area contributed by atoms with Gasteiger partial charge in [0.2, 0.25) is 0 Å². The molecule has 0 spiro atoms. The SMILES string of the molecule is CC1CC(C)N(S(=O)(=O)c2ccc(CNC3CC3)s2)C1. The van der Waals surface area contributed by atoms with Crippen LogP contribution in [0.25, 0.3) is 0 Å². The molecule has 3 rings (SSSR count). The highest BCUT2D eigenvalue weighted by atomic mass is 32.2. The maximum absolute atomic E-state index is 12.7. The molecule has 2 atom stereocenters. The third kappa shape index (κ3) is 2.93. The molecule has 1 N–H and O–H groups in total. The molecule has 1 aromatic rings. The van der Waals surface area contributed by atoms with E-state index < -0.39 is 10.0 Å². The zero-order valence-corrected chi connectivity index (χ0v) is 13.6. The molecule has 0 aromatic carbocycles. The van der Waals surface area contributed by atoms with Crippen molar-refractivity contribution < 1.29 is 8.42 Å². The van der Waals surface area contributed by atoms with Gasteiger partial charge in [0.1, 0.15) is 4.21 Å². The van der Waals surface area contributed by atoms with Gasteiger partial charge in [-0.25, -0.2) is 8.42 Å². The standard InChI is InChI=1S/C14H22N2O2S2/c1-10-7-11(2)16(9-10)20(17,18)14-6-5-13(19-14)8-15-12-3-4-12/h5-6,10-12,15H,3-4,7-9H2,1-2H3. The first kappa shape index (κ1) is 14.5. The highest BCUT2D eigenvalue weighted by Gasteiger charge is 2.36. The van der Waals surface area contributed by atoms with Gasteiger partial charge in [0.25, 0.3) is 10.0 Å². The monoisotopic (exact) mass is 314 g/mol. The summed E-state index contributed by atoms with van der Waals surface area (Å²) in [5.74, 6) is 0.454. The highest BCUT2D eigenvalue weighted by molar-refractivity contribution is 7.91. The Labute approximate surface area is 125 Å². The number of sulfonamides is 1. The van der Waals surface area contributed by atoms with Crippen molar-refractivity contribution in [2.45, 2.75) is 55.9 Å². The number of hydrogen-bond donors (Lipinski definition) is 1. The summed E-state index contributed by atoms with van der Waals surface area (Å²) in [6, 6.07) is 4.47. The zero-order chi connectivity index (χ0) is 14.3. The van der Waals surface area contributed by atoms with Crippen LogP contribution in [-0.4, -0.2) is 31.4 Å². The van der Waals surface area contributed by atoms with E-state index in [0.717, 1.165) is 17.8 Å². The molecule has 2 unspecified atom stereocenters. The molecule has 0 radical (unpaired) electrons. The minimum Gasteiger partial charge on any atom is -0.309 e. The van der Waals surface area contributed by atoms with Crippen LogP contribution < -0.4 is 5.32 Å². The summed E-state index contributed by atoms with van der Waals surface area (Å²) in [7, 11) is -3.30. The van der Waals surface area contributed by atoms with E-state index in [0.29, 0.717) is 22.7 Å². The average molecular weight is 314 g/mol. The van der Waals surface area contributed by atoms with Crippen LogP contribution >= 0.6 is 11.3 Å². The summed E-state index contributed by atoms with van der Waals surface area (Å²) in [5, 5.41) is 3.43. The second-order valence-electron chi connectivity index (χ2n) is 6.14. The summed E-state index contributed by atoms with van der Waals surface area (Å²) >= 11 is 1.41. The maximum Gasteiger partial charge on any atom is 0.252 e. The third-order valence-corrected chi connectivity index (χ3v) is 7.60. The molecule has 2 heterocycles. The first-order valence-electron chi connectivity index (χ1n) is 7.31. The Balaban J connectivity index is 1.73. The molecule has 1 aromatic heterocycles. The molecule has 20 heavy (non-hydrogen) atoms. The second-order valence-corrected chi connectivity index (χ2v) is 9.43. The summed E-state index contributed by atoms with van der Waals surface area (Å²) in [5.41, 5.74) is 0. The largest absolute Gasteiger partial charge is 0.309 e. The van der Waals surface area contributed by atoms with E-state index in [2.05, 4.69) is 12.2 Å². The lowest BCUT2D eigenvalue weighted by molar-refractivity contribution is 0.407. The lowest BCUT2D eigenvalue weighted by Gasteiger charge is -2.19. The lowest BCUT2D eigenvalue weighted by atomic mass is 10.1. The fourth-order valence-electron chi connectivity index (χ4n) is 2.84. The van der Waals surface area contributed by atoms with Crippen LogP contribution in [-0.2, 0) is 16.6 Å². The average Bonchev–Trinajstić information content (AvgIpc) is 2.96. The molecule has 112 valence electrons. The van der Waals surface area contributed by atoms with Gasteiger partial charge in [0.15, 0.2) is 0 Å². The van der Waals surface area contributed by atoms with Gasteiger partial charge in [0, 0.05) is 30.1 Å². The molecule has 0 amide bonds. The Morgan fingerprint density at radius 1 is 1.35 bits per heavy atom. The van der Waals surface area contributed by atoms with Crippen LogP contribution in [0.3, 0.4) is 0 Å². The minimum atomic E-state index is -3.30. The molecule has 4 nitrogen and oxygen atoms in total. The number of hydrogen-bond acceptors (Lipinski definition) is 4. The van der Waals surface area contributed by atoms with Gasteiger partial charge in [0.05, 0.1) is 0 Å². The lowest BCUT2D eigenvalue weighted by Crippen LogP contribution is -2.33. The number of nitrogens with zero attached hydrogens (tertiary/aromatic N) is 1. The van der Waals surface area contributed by atoms with Crippen LogP contribution in [0, 0.1) is 5.92 Å². The summed E-state index contributed by atoms with van der Waals surface area (Å²) < 4.78 is 27.5. The molecular formula is C14H22N2O2S2. The van der Waals surface area contributed by atoms with E-state index in [1.807, 2.05) is 13.0 Å². The summed E-state index contributed by atoms with van der Waals surface area (Å²) in [6.45, 7) is 5.56. The summed E-state index contributed by atoms with van der Waals surface area (Å²) in [4.78, 5) is 1.11. The minimum absolute atomic E-state index is 0.116. The quantitative estimate of drug-likeness (QED) is 0.908. The molecule has 2 aliphatic rings. The molecule has 1 saturated heterocycles. The van der Waals surface area contributed by atoms with Crippen molar-refractivity contribution in [3.05, 3.63) is 17.0 Å². The maximum atomic E-state index is 12.7. The van der Waals surface area contributed by atoms with Crippen LogP contribution in [0.2, 0.25) is 0 Å². The Kier molecular flexibility index (Phi) is 3.92. The molecule has 2 fully saturated rings. The third-order valence-electron chi connectivity index (χ3n) is 4.07. The fraction of sp³-hybridized carbons (Fsp3) is 0.714. The molecular weight excluding hydrogens is 292 g/mol. The molecule has 6 heteroatoms. The van der Waals surface area contributed by atoms with Gasteiger partial charge in [-0.2, -0.15) is 4.31 Å². The van der Waals surface area contributed by atoms with E-state index in [-0.39, 0.29) is 6.04 Å². The molecule has 1 aliphatic heterocycles. The zero-order valence-electron chi connectivity index (χ0n) is 12.0. The van der Waals surface area contributed by atoms with Crippen molar-refractivity contribution >= 4 is 21.4 Å². The number of thiophene rings is 1. The van der Waals surface area contributed by atoms with Gasteiger partial charge in [-0.15, -0.1) is 11.3 Å². The second kappa shape index (κ2) is 5.40. The Morgan fingerprint density at radius 3 is 2.70 bits per heavy atom. The normalized spacial score (nSPS) is 28.1. The first-order chi connectivity index (χ1) is 9.46. The van der Waals surface area contributed by atoms with Crippen molar-refractivity contribution in [2.75, 3.05) is 6.54 Å². The Morgan fingerprint density at radius 2 is 2.10 bits per heavy atom. The van der Waals surface area contributed by atoms with E-state index in [9.17, 15) is 8.42 Å². The van der Waals surface area contributed by atoms with Crippen molar-refractivity contribution in [2.24, 2.45) is 5.92 Å². The topological polar surface area (TPSA) is 49.4 Å². The Bertz CT molecular complexity index is 578. The van der Waals surface area contributed by atoms with Crippen molar-refractivity contribution in [1.82, 2.24) is 9.62 Å². The summed E-state index contributed by atoms with van der Waals surface area (Å²) in [6.07, 6.45) is 3.46. The Hall–Kier alpha value is -0.430. The fourth-order valence-corrected chi connectivity index (χ4v) is 6.03. The van der Waals surface area contributed by atoms with Crippen LogP contribution in [0.1, 0.15) is 38.0 Å². The predicted octanol–water partition coefficient (Wildman–Crippen LogP) is 2.42. The van der Waals surface area contributed by atoms with E-state index >= 15 is 0 Å². The predicted molar refractivity (Wildman–Crippen MR) is 81.3 cm³/mol. The number of nitrogens with one attached hydrogen (secondary N) is 1. The highest BCUT2D eigenvalue weighted by Crippen LogP contribution is 2.32. The molecule has 0 bridgehead atoms. The van der Waals surface area contributed by atoms with Crippen molar-refractivity contribution in [3.63, 3.8) is 0 Å². The molecule has 1 saturated carbocycles. The smallest absolute Gasteiger partial charge is 0.252 e. The van der Waals surface area contributed by atoms with Crippen LogP contribution in [0.15, 0.2) is 16.3 Å². The van der Waals surface area contributed by atoms with E-state index in [1.54, 1.807) is 10.4 Å². The van der Waals surface area contributed by atoms with Crippen LogP contribution in [0.4, 0.5) is 0 Å². The first-order valence-corrected chi connectivity index (χ1v) is 9.56. The van der Waals surface area contributed by atoms with E-state index in [1.165, 1.54) is 24.2 Å². The van der Waals surface area contributed by atoms with Crippen molar-refractivity contribution in [3.8, 4) is 0 Å². The van der Waals surface area contributed by atoms with Gasteiger partial charge in [-0.05, 0) is 44.2 Å². The molecule has 1 aliphatic carbocycles. The van der Waals surface area contributed by atoms with Crippen LogP contribution in [0.5, 0.6) is 0 Å². The van der Waals surface area contributed by atoms with Gasteiger partial charge >= 0.3 is 0 Å².